The van der Waals surface area contributed by atoms with Crippen LogP contribution in [0.15, 0.2) is 30.6 Å². The van der Waals surface area contributed by atoms with Crippen molar-refractivity contribution in [1.29, 1.82) is 0 Å². The van der Waals surface area contributed by atoms with Crippen LogP contribution in [-0.2, 0) is 7.05 Å². The second-order valence-electron chi connectivity index (χ2n) is 5.67. The fraction of sp³-hybridized carbons (Fsp3) is 0.412. The second kappa shape index (κ2) is 6.32. The minimum Gasteiger partial charge on any atom is -0.497 e. The minimum absolute atomic E-state index is 0.0125. The number of benzene rings is 1. The molecule has 0 spiro atoms. The molecule has 1 aliphatic heterocycles. The van der Waals surface area contributed by atoms with Crippen molar-refractivity contribution >= 4 is 5.91 Å². The molecular formula is C17H21N3O3. The molecule has 0 radical (unpaired) electrons. The van der Waals surface area contributed by atoms with Gasteiger partial charge in [0.15, 0.2) is 0 Å². The third kappa shape index (κ3) is 2.88. The minimum atomic E-state index is 0.0125. The summed E-state index contributed by atoms with van der Waals surface area (Å²) in [7, 11) is 5.08. The van der Waals surface area contributed by atoms with Crippen LogP contribution in [0.4, 0.5) is 0 Å². The van der Waals surface area contributed by atoms with Gasteiger partial charge in [0, 0.05) is 31.4 Å². The largest absolute Gasteiger partial charge is 0.497 e. The summed E-state index contributed by atoms with van der Waals surface area (Å²) in [5, 5.41) is 4.09. The van der Waals surface area contributed by atoms with Crippen LogP contribution in [0.25, 0.3) is 0 Å². The van der Waals surface area contributed by atoms with Crippen LogP contribution in [-0.4, -0.2) is 41.4 Å². The lowest BCUT2D eigenvalue weighted by Gasteiger charge is -2.26. The summed E-state index contributed by atoms with van der Waals surface area (Å²) in [6.07, 6.45) is 5.27. The van der Waals surface area contributed by atoms with Crippen molar-refractivity contribution in [2.75, 3.05) is 20.8 Å². The second-order valence-corrected chi connectivity index (χ2v) is 5.67. The summed E-state index contributed by atoms with van der Waals surface area (Å²) in [4.78, 5) is 14.7. The maximum atomic E-state index is 12.8. The van der Waals surface area contributed by atoms with Crippen LogP contribution >= 0.6 is 0 Å². The molecule has 3 rings (SSSR count). The summed E-state index contributed by atoms with van der Waals surface area (Å²) in [6.45, 7) is 0.744. The van der Waals surface area contributed by atoms with E-state index in [2.05, 4.69) is 5.10 Å². The predicted molar refractivity (Wildman–Crippen MR) is 85.8 cm³/mol. The van der Waals surface area contributed by atoms with E-state index in [1.165, 1.54) is 0 Å². The van der Waals surface area contributed by atoms with Gasteiger partial charge >= 0.3 is 0 Å². The molecule has 2 heterocycles. The SMILES string of the molecule is COc1ccc([C@@H]2CCCN2C(=O)c2cnn(C)c2)c(OC)c1. The molecule has 1 saturated heterocycles. The summed E-state index contributed by atoms with van der Waals surface area (Å²) in [6, 6.07) is 5.77. The van der Waals surface area contributed by atoms with E-state index in [0.717, 1.165) is 36.4 Å². The number of likely N-dealkylation sites (tertiary alicyclic amines) is 1. The fourth-order valence-corrected chi connectivity index (χ4v) is 3.12. The molecule has 0 unspecified atom stereocenters. The normalized spacial score (nSPS) is 17.3. The van der Waals surface area contributed by atoms with Crippen molar-refractivity contribution in [3.8, 4) is 11.5 Å². The first-order chi connectivity index (χ1) is 11.1. The first kappa shape index (κ1) is 15.4. The third-order valence-electron chi connectivity index (χ3n) is 4.27. The lowest BCUT2D eigenvalue weighted by Crippen LogP contribution is -2.30. The molecule has 0 bridgehead atoms. The molecule has 6 heteroatoms. The van der Waals surface area contributed by atoms with Crippen molar-refractivity contribution in [2.24, 2.45) is 7.05 Å². The van der Waals surface area contributed by atoms with Crippen LogP contribution < -0.4 is 9.47 Å². The monoisotopic (exact) mass is 315 g/mol. The van der Waals surface area contributed by atoms with Gasteiger partial charge in [0.1, 0.15) is 11.5 Å². The Morgan fingerprint density at radius 3 is 2.78 bits per heavy atom. The molecule has 1 aromatic heterocycles. The van der Waals surface area contributed by atoms with E-state index in [4.69, 9.17) is 9.47 Å². The lowest BCUT2D eigenvalue weighted by atomic mass is 10.0. The van der Waals surface area contributed by atoms with Crippen LogP contribution in [0.3, 0.4) is 0 Å². The molecule has 6 nitrogen and oxygen atoms in total. The Morgan fingerprint density at radius 2 is 2.13 bits per heavy atom. The molecule has 2 aromatic rings. The van der Waals surface area contributed by atoms with Crippen molar-refractivity contribution in [1.82, 2.24) is 14.7 Å². The Hall–Kier alpha value is -2.50. The van der Waals surface area contributed by atoms with E-state index in [9.17, 15) is 4.79 Å². The van der Waals surface area contributed by atoms with E-state index in [1.807, 2.05) is 30.1 Å². The zero-order valence-corrected chi connectivity index (χ0v) is 13.7. The molecule has 23 heavy (non-hydrogen) atoms. The van der Waals surface area contributed by atoms with Crippen molar-refractivity contribution < 1.29 is 14.3 Å². The standard InChI is InChI=1S/C17H21N3O3/c1-19-11-12(10-18-19)17(21)20-8-4-5-15(20)14-7-6-13(22-2)9-16(14)23-3/h6-7,9-11,15H,4-5,8H2,1-3H3/t15-/m0/s1. The number of carbonyl (C=O) groups excluding carboxylic acids is 1. The van der Waals surface area contributed by atoms with Gasteiger partial charge in [0.25, 0.3) is 5.91 Å². The molecule has 1 fully saturated rings. The Morgan fingerprint density at radius 1 is 1.30 bits per heavy atom. The van der Waals surface area contributed by atoms with E-state index in [1.54, 1.807) is 31.3 Å². The molecule has 1 atom stereocenters. The highest BCUT2D eigenvalue weighted by Crippen LogP contribution is 2.39. The Bertz CT molecular complexity index is 711. The summed E-state index contributed by atoms with van der Waals surface area (Å²) < 4.78 is 12.4. The number of ether oxygens (including phenoxy) is 2. The van der Waals surface area contributed by atoms with Crippen molar-refractivity contribution in [3.05, 3.63) is 41.7 Å². The average Bonchev–Trinajstić information content (AvgIpc) is 3.22. The summed E-state index contributed by atoms with van der Waals surface area (Å²) in [5.74, 6) is 1.51. The number of hydrogen-bond acceptors (Lipinski definition) is 4. The maximum absolute atomic E-state index is 12.8. The van der Waals surface area contributed by atoms with E-state index >= 15 is 0 Å². The molecule has 0 N–H and O–H groups in total. The highest BCUT2D eigenvalue weighted by Gasteiger charge is 2.33. The number of aryl methyl sites for hydroxylation is 1. The van der Waals surface area contributed by atoms with E-state index < -0.39 is 0 Å². The zero-order chi connectivity index (χ0) is 16.4. The van der Waals surface area contributed by atoms with Crippen LogP contribution in [0, 0.1) is 0 Å². The number of carbonyl (C=O) groups is 1. The molecular weight excluding hydrogens is 294 g/mol. The summed E-state index contributed by atoms with van der Waals surface area (Å²) in [5.41, 5.74) is 1.63. The number of hydrogen-bond donors (Lipinski definition) is 0. The highest BCUT2D eigenvalue weighted by atomic mass is 16.5. The van der Waals surface area contributed by atoms with Gasteiger partial charge < -0.3 is 14.4 Å². The van der Waals surface area contributed by atoms with Crippen LogP contribution in [0.1, 0.15) is 34.8 Å². The first-order valence-electron chi connectivity index (χ1n) is 7.65. The lowest BCUT2D eigenvalue weighted by molar-refractivity contribution is 0.0734. The number of rotatable bonds is 4. The van der Waals surface area contributed by atoms with Crippen LogP contribution in [0.2, 0.25) is 0 Å². The Balaban J connectivity index is 1.91. The zero-order valence-electron chi connectivity index (χ0n) is 13.7. The highest BCUT2D eigenvalue weighted by molar-refractivity contribution is 5.94. The molecule has 122 valence electrons. The van der Waals surface area contributed by atoms with E-state index in [-0.39, 0.29) is 11.9 Å². The molecule has 1 aromatic carbocycles. The van der Waals surface area contributed by atoms with Gasteiger partial charge in [-0.25, -0.2) is 0 Å². The number of methoxy groups -OCH3 is 2. The summed E-state index contributed by atoms with van der Waals surface area (Å²) >= 11 is 0. The molecule has 0 aliphatic carbocycles. The van der Waals surface area contributed by atoms with E-state index in [0.29, 0.717) is 5.56 Å². The molecule has 0 saturated carbocycles. The predicted octanol–water partition coefficient (Wildman–Crippen LogP) is 2.41. The Labute approximate surface area is 135 Å². The maximum Gasteiger partial charge on any atom is 0.257 e. The van der Waals surface area contributed by atoms with Gasteiger partial charge in [-0.05, 0) is 25.0 Å². The molecule has 1 amide bonds. The Kier molecular flexibility index (Phi) is 4.23. The van der Waals surface area contributed by atoms with Gasteiger partial charge in [0.2, 0.25) is 0 Å². The molecule has 1 aliphatic rings. The van der Waals surface area contributed by atoms with Crippen molar-refractivity contribution in [2.45, 2.75) is 18.9 Å². The number of nitrogens with zero attached hydrogens (tertiary/aromatic N) is 3. The van der Waals surface area contributed by atoms with Gasteiger partial charge in [-0.2, -0.15) is 5.10 Å². The topological polar surface area (TPSA) is 56.6 Å². The number of amides is 1. The van der Waals surface area contributed by atoms with Gasteiger partial charge in [0.05, 0.1) is 32.0 Å². The quantitative estimate of drug-likeness (QED) is 0.869. The van der Waals surface area contributed by atoms with Gasteiger partial charge in [-0.15, -0.1) is 0 Å². The van der Waals surface area contributed by atoms with Gasteiger partial charge in [-0.1, -0.05) is 0 Å². The smallest absolute Gasteiger partial charge is 0.257 e. The van der Waals surface area contributed by atoms with Crippen molar-refractivity contribution in [3.63, 3.8) is 0 Å². The fourth-order valence-electron chi connectivity index (χ4n) is 3.12. The third-order valence-corrected chi connectivity index (χ3v) is 4.27. The first-order valence-corrected chi connectivity index (χ1v) is 7.65. The average molecular weight is 315 g/mol. The van der Waals surface area contributed by atoms with Crippen LogP contribution in [0.5, 0.6) is 11.5 Å². The van der Waals surface area contributed by atoms with Gasteiger partial charge in [-0.3, -0.25) is 9.48 Å². The number of aromatic nitrogens is 2.